The zero-order chi connectivity index (χ0) is 13.8. The summed E-state index contributed by atoms with van der Waals surface area (Å²) in [5.74, 6) is 0.686. The van der Waals surface area contributed by atoms with E-state index in [1.54, 1.807) is 25.3 Å². The Morgan fingerprint density at radius 1 is 1.37 bits per heavy atom. The quantitative estimate of drug-likeness (QED) is 0.834. The first-order valence-electron chi connectivity index (χ1n) is 6.88. The number of amides is 1. The number of methoxy groups -OCH3 is 1. The van der Waals surface area contributed by atoms with Crippen molar-refractivity contribution in [2.75, 3.05) is 19.4 Å². The molecule has 0 saturated carbocycles. The molecule has 2 N–H and O–H groups in total. The summed E-state index contributed by atoms with van der Waals surface area (Å²) in [7, 11) is 1.59. The first kappa shape index (κ1) is 13.7. The van der Waals surface area contributed by atoms with Gasteiger partial charge in [0, 0.05) is 18.3 Å². The number of nitrogens with zero attached hydrogens (tertiary/aromatic N) is 1. The second-order valence-corrected chi connectivity index (χ2v) is 5.15. The van der Waals surface area contributed by atoms with E-state index in [-0.39, 0.29) is 11.9 Å². The van der Waals surface area contributed by atoms with Gasteiger partial charge < -0.3 is 15.4 Å². The van der Waals surface area contributed by atoms with Crippen molar-refractivity contribution < 1.29 is 9.53 Å². The molecule has 2 rings (SSSR count). The number of hydrogen-bond acceptors (Lipinski definition) is 3. The van der Waals surface area contributed by atoms with Crippen molar-refractivity contribution >= 4 is 11.6 Å². The van der Waals surface area contributed by atoms with Gasteiger partial charge in [-0.15, -0.1) is 0 Å². The van der Waals surface area contributed by atoms with Crippen LogP contribution in [0.25, 0.3) is 0 Å². The van der Waals surface area contributed by atoms with Gasteiger partial charge in [0.05, 0.1) is 12.7 Å². The van der Waals surface area contributed by atoms with Crippen molar-refractivity contribution in [1.29, 1.82) is 0 Å². The Balaban J connectivity index is 2.26. The first-order chi connectivity index (χ1) is 9.13. The topological polar surface area (TPSA) is 55.6 Å². The largest absolute Gasteiger partial charge is 0.497 e. The van der Waals surface area contributed by atoms with Gasteiger partial charge in [0.25, 0.3) is 5.91 Å². The van der Waals surface area contributed by atoms with Crippen LogP contribution in [0, 0.1) is 0 Å². The van der Waals surface area contributed by atoms with Crippen LogP contribution < -0.4 is 10.5 Å². The second-order valence-electron chi connectivity index (χ2n) is 5.15. The molecule has 0 aliphatic carbocycles. The molecule has 1 heterocycles. The van der Waals surface area contributed by atoms with E-state index < -0.39 is 0 Å². The average Bonchev–Trinajstić information content (AvgIpc) is 2.63. The van der Waals surface area contributed by atoms with E-state index in [4.69, 9.17) is 10.5 Å². The highest BCUT2D eigenvalue weighted by molar-refractivity contribution is 5.99. The molecule has 1 aliphatic heterocycles. The minimum atomic E-state index is 0.0193. The van der Waals surface area contributed by atoms with Crippen molar-refractivity contribution in [2.24, 2.45) is 0 Å². The Morgan fingerprint density at radius 3 is 2.89 bits per heavy atom. The summed E-state index contributed by atoms with van der Waals surface area (Å²) >= 11 is 0. The summed E-state index contributed by atoms with van der Waals surface area (Å²) in [5, 5.41) is 0. The summed E-state index contributed by atoms with van der Waals surface area (Å²) < 4.78 is 5.17. The van der Waals surface area contributed by atoms with Gasteiger partial charge in [-0.1, -0.05) is 12.8 Å². The zero-order valence-electron chi connectivity index (χ0n) is 11.7. The van der Waals surface area contributed by atoms with Gasteiger partial charge in [-0.25, -0.2) is 0 Å². The second kappa shape index (κ2) is 5.95. The molecular weight excluding hydrogens is 240 g/mol. The van der Waals surface area contributed by atoms with E-state index >= 15 is 0 Å². The minimum Gasteiger partial charge on any atom is -0.497 e. The maximum Gasteiger partial charge on any atom is 0.256 e. The van der Waals surface area contributed by atoms with Gasteiger partial charge in [0.2, 0.25) is 0 Å². The average molecular weight is 262 g/mol. The highest BCUT2D eigenvalue weighted by Gasteiger charge is 2.24. The Labute approximate surface area is 114 Å². The van der Waals surface area contributed by atoms with Crippen LogP contribution in [-0.2, 0) is 0 Å². The molecule has 1 aromatic carbocycles. The van der Waals surface area contributed by atoms with Crippen LogP contribution in [0.15, 0.2) is 18.2 Å². The van der Waals surface area contributed by atoms with Gasteiger partial charge in [0.15, 0.2) is 0 Å². The molecule has 0 aromatic heterocycles. The van der Waals surface area contributed by atoms with Crippen LogP contribution in [0.3, 0.4) is 0 Å². The predicted octanol–water partition coefficient (Wildman–Crippen LogP) is 2.68. The number of hydrogen-bond donors (Lipinski definition) is 1. The molecule has 1 atom stereocenters. The van der Waals surface area contributed by atoms with Crippen molar-refractivity contribution in [1.82, 2.24) is 4.90 Å². The number of nitrogens with two attached hydrogens (primary N) is 1. The first-order valence-corrected chi connectivity index (χ1v) is 6.88. The standard InChI is InChI=1S/C15H22N2O2/c1-11-6-4-3-5-9-17(11)15(18)13-10-12(19-2)7-8-14(13)16/h7-8,10-11H,3-6,9,16H2,1-2H3. The normalized spacial score (nSPS) is 19.9. The van der Waals surface area contributed by atoms with Crippen molar-refractivity contribution in [3.05, 3.63) is 23.8 Å². The molecule has 1 aromatic rings. The molecule has 1 aliphatic rings. The number of likely N-dealkylation sites (tertiary alicyclic amines) is 1. The van der Waals surface area contributed by atoms with Gasteiger partial charge >= 0.3 is 0 Å². The lowest BCUT2D eigenvalue weighted by Crippen LogP contribution is -2.38. The molecule has 0 spiro atoms. The van der Waals surface area contributed by atoms with Crippen LogP contribution in [0.5, 0.6) is 5.75 Å². The van der Waals surface area contributed by atoms with Gasteiger partial charge in [-0.05, 0) is 38.0 Å². The lowest BCUT2D eigenvalue weighted by atomic mass is 10.1. The SMILES string of the molecule is COc1ccc(N)c(C(=O)N2CCCCCC2C)c1. The molecule has 0 radical (unpaired) electrons. The number of ether oxygens (including phenoxy) is 1. The molecule has 4 heteroatoms. The molecular formula is C15H22N2O2. The van der Waals surface area contributed by atoms with Crippen LogP contribution >= 0.6 is 0 Å². The Kier molecular flexibility index (Phi) is 4.30. The Hall–Kier alpha value is -1.71. The van der Waals surface area contributed by atoms with Crippen LogP contribution in [-0.4, -0.2) is 30.5 Å². The van der Waals surface area contributed by atoms with E-state index in [0.29, 0.717) is 17.0 Å². The molecule has 1 unspecified atom stereocenters. The molecule has 0 bridgehead atoms. The Bertz CT molecular complexity index is 459. The maximum absolute atomic E-state index is 12.6. The fourth-order valence-electron chi connectivity index (χ4n) is 2.58. The number of nitrogen functional groups attached to an aromatic ring is 1. The number of rotatable bonds is 2. The number of carbonyl (C=O) groups excluding carboxylic acids is 1. The third kappa shape index (κ3) is 3.00. The third-order valence-electron chi connectivity index (χ3n) is 3.80. The van der Waals surface area contributed by atoms with Crippen molar-refractivity contribution in [3.63, 3.8) is 0 Å². The van der Waals surface area contributed by atoms with Gasteiger partial charge in [0.1, 0.15) is 5.75 Å². The van der Waals surface area contributed by atoms with Crippen LogP contribution in [0.4, 0.5) is 5.69 Å². The number of carbonyl (C=O) groups is 1. The zero-order valence-corrected chi connectivity index (χ0v) is 11.7. The van der Waals surface area contributed by atoms with E-state index in [9.17, 15) is 4.79 Å². The minimum absolute atomic E-state index is 0.0193. The smallest absolute Gasteiger partial charge is 0.256 e. The van der Waals surface area contributed by atoms with Gasteiger partial charge in [-0.2, -0.15) is 0 Å². The summed E-state index contributed by atoms with van der Waals surface area (Å²) in [6.45, 7) is 2.93. The van der Waals surface area contributed by atoms with E-state index in [2.05, 4.69) is 6.92 Å². The summed E-state index contributed by atoms with van der Waals surface area (Å²) in [6.07, 6.45) is 4.52. The summed E-state index contributed by atoms with van der Waals surface area (Å²) in [5.41, 5.74) is 7.00. The monoisotopic (exact) mass is 262 g/mol. The lowest BCUT2D eigenvalue weighted by Gasteiger charge is -2.27. The highest BCUT2D eigenvalue weighted by Crippen LogP contribution is 2.24. The van der Waals surface area contributed by atoms with E-state index in [1.165, 1.54) is 12.8 Å². The van der Waals surface area contributed by atoms with E-state index in [0.717, 1.165) is 19.4 Å². The highest BCUT2D eigenvalue weighted by atomic mass is 16.5. The Morgan fingerprint density at radius 2 is 2.16 bits per heavy atom. The molecule has 104 valence electrons. The fourth-order valence-corrected chi connectivity index (χ4v) is 2.58. The number of benzene rings is 1. The molecule has 4 nitrogen and oxygen atoms in total. The van der Waals surface area contributed by atoms with Crippen molar-refractivity contribution in [2.45, 2.75) is 38.6 Å². The van der Waals surface area contributed by atoms with Crippen LogP contribution in [0.2, 0.25) is 0 Å². The maximum atomic E-state index is 12.6. The number of anilines is 1. The van der Waals surface area contributed by atoms with Crippen LogP contribution in [0.1, 0.15) is 43.0 Å². The molecule has 1 fully saturated rings. The third-order valence-corrected chi connectivity index (χ3v) is 3.80. The van der Waals surface area contributed by atoms with Crippen molar-refractivity contribution in [3.8, 4) is 5.75 Å². The summed E-state index contributed by atoms with van der Waals surface area (Å²) in [6, 6.07) is 5.52. The van der Waals surface area contributed by atoms with Gasteiger partial charge in [-0.3, -0.25) is 4.79 Å². The molecule has 1 saturated heterocycles. The van der Waals surface area contributed by atoms with E-state index in [1.807, 2.05) is 4.90 Å². The molecule has 19 heavy (non-hydrogen) atoms. The fraction of sp³-hybridized carbons (Fsp3) is 0.533. The predicted molar refractivity (Wildman–Crippen MR) is 76.4 cm³/mol. The summed E-state index contributed by atoms with van der Waals surface area (Å²) in [4.78, 5) is 14.6. The lowest BCUT2D eigenvalue weighted by molar-refractivity contribution is 0.0698. The molecule has 1 amide bonds.